The van der Waals surface area contributed by atoms with Crippen LogP contribution in [0.25, 0.3) is 0 Å². The van der Waals surface area contributed by atoms with Crippen molar-refractivity contribution in [3.8, 4) is 5.75 Å². The van der Waals surface area contributed by atoms with Gasteiger partial charge in [0.05, 0.1) is 17.2 Å². The Balaban J connectivity index is 1.98. The molecule has 1 aliphatic heterocycles. The number of rotatable bonds is 4. The Morgan fingerprint density at radius 1 is 1.43 bits per heavy atom. The van der Waals surface area contributed by atoms with Crippen molar-refractivity contribution in [1.29, 1.82) is 0 Å². The largest absolute Gasteiger partial charge is 0.506 e. The van der Waals surface area contributed by atoms with Gasteiger partial charge < -0.3 is 15.7 Å². The number of aromatic hydroxyl groups is 1. The van der Waals surface area contributed by atoms with E-state index in [1.807, 2.05) is 4.90 Å². The molecule has 0 atom stereocenters. The molecule has 0 unspecified atom stereocenters. The SMILES string of the molecule is O=C(CN1CCCNCC1)Nc1cc([N+](=O)[O-])ccc1O. The van der Waals surface area contributed by atoms with E-state index in [4.69, 9.17) is 0 Å². The topological polar surface area (TPSA) is 108 Å². The maximum atomic E-state index is 12.0. The number of benzene rings is 1. The fourth-order valence-corrected chi connectivity index (χ4v) is 2.19. The number of hydrogen-bond acceptors (Lipinski definition) is 6. The number of carbonyl (C=O) groups is 1. The Morgan fingerprint density at radius 3 is 3.00 bits per heavy atom. The van der Waals surface area contributed by atoms with Gasteiger partial charge >= 0.3 is 0 Å². The molecule has 1 saturated heterocycles. The summed E-state index contributed by atoms with van der Waals surface area (Å²) in [5.74, 6) is -0.487. The number of carbonyl (C=O) groups excluding carboxylic acids is 1. The fraction of sp³-hybridized carbons (Fsp3) is 0.462. The number of anilines is 1. The van der Waals surface area contributed by atoms with Crippen molar-refractivity contribution in [2.75, 3.05) is 38.0 Å². The molecular formula is C13H18N4O4. The Hall–Kier alpha value is -2.19. The van der Waals surface area contributed by atoms with E-state index in [1.165, 1.54) is 12.1 Å². The summed E-state index contributed by atoms with van der Waals surface area (Å²) in [6, 6.07) is 3.53. The van der Waals surface area contributed by atoms with Crippen LogP contribution in [0.4, 0.5) is 11.4 Å². The maximum absolute atomic E-state index is 12.0. The second-order valence-electron chi connectivity index (χ2n) is 4.89. The summed E-state index contributed by atoms with van der Waals surface area (Å²) in [5, 5.41) is 26.1. The minimum absolute atomic E-state index is 0.0575. The van der Waals surface area contributed by atoms with E-state index in [2.05, 4.69) is 10.6 Å². The number of hydrogen-bond donors (Lipinski definition) is 3. The third-order valence-electron chi connectivity index (χ3n) is 3.26. The standard InChI is InChI=1S/C13H18N4O4/c18-12-3-2-10(17(20)21)8-11(12)15-13(19)9-16-6-1-4-14-5-7-16/h2-3,8,14,18H,1,4-7,9H2,(H,15,19). The number of nitrogens with one attached hydrogen (secondary N) is 2. The zero-order chi connectivity index (χ0) is 15.2. The van der Waals surface area contributed by atoms with Gasteiger partial charge in [-0.3, -0.25) is 19.8 Å². The smallest absolute Gasteiger partial charge is 0.271 e. The van der Waals surface area contributed by atoms with E-state index in [0.717, 1.165) is 38.7 Å². The van der Waals surface area contributed by atoms with Crippen LogP contribution >= 0.6 is 0 Å². The average Bonchev–Trinajstić information content (AvgIpc) is 2.69. The zero-order valence-corrected chi connectivity index (χ0v) is 11.5. The summed E-state index contributed by atoms with van der Waals surface area (Å²) in [6.45, 7) is 3.55. The summed E-state index contributed by atoms with van der Waals surface area (Å²) >= 11 is 0. The van der Waals surface area contributed by atoms with Gasteiger partial charge in [0, 0.05) is 25.2 Å². The molecule has 0 radical (unpaired) electrons. The molecule has 1 fully saturated rings. The van der Waals surface area contributed by atoms with E-state index in [0.29, 0.717) is 0 Å². The first-order valence-corrected chi connectivity index (χ1v) is 6.76. The number of phenolic OH excluding ortho intramolecular Hbond substituents is 1. The van der Waals surface area contributed by atoms with Gasteiger partial charge in [-0.25, -0.2) is 0 Å². The summed E-state index contributed by atoms with van der Waals surface area (Å²) < 4.78 is 0. The van der Waals surface area contributed by atoms with Crippen molar-refractivity contribution in [2.45, 2.75) is 6.42 Å². The second kappa shape index (κ2) is 7.00. The molecule has 2 rings (SSSR count). The Bertz CT molecular complexity index is 527. The Labute approximate surface area is 121 Å². The van der Waals surface area contributed by atoms with Gasteiger partial charge in [0.25, 0.3) is 5.69 Å². The summed E-state index contributed by atoms with van der Waals surface area (Å²) in [5.41, 5.74) is -0.121. The Kier molecular flexibility index (Phi) is 5.07. The van der Waals surface area contributed by atoms with Crippen LogP contribution in [-0.4, -0.2) is 53.6 Å². The van der Waals surface area contributed by atoms with Crippen LogP contribution in [0.3, 0.4) is 0 Å². The first-order chi connectivity index (χ1) is 10.1. The van der Waals surface area contributed by atoms with Gasteiger partial charge in [0.2, 0.25) is 5.91 Å². The molecule has 0 bridgehead atoms. The van der Waals surface area contributed by atoms with Crippen molar-refractivity contribution >= 4 is 17.3 Å². The van der Waals surface area contributed by atoms with Gasteiger partial charge in [-0.2, -0.15) is 0 Å². The highest BCUT2D eigenvalue weighted by Crippen LogP contribution is 2.27. The molecule has 8 nitrogen and oxygen atoms in total. The summed E-state index contributed by atoms with van der Waals surface area (Å²) in [6.07, 6.45) is 0.968. The van der Waals surface area contributed by atoms with Crippen molar-refractivity contribution in [3.63, 3.8) is 0 Å². The van der Waals surface area contributed by atoms with Crippen LogP contribution in [0.5, 0.6) is 5.75 Å². The van der Waals surface area contributed by atoms with Crippen LogP contribution in [-0.2, 0) is 4.79 Å². The average molecular weight is 294 g/mol. The van der Waals surface area contributed by atoms with E-state index in [-0.39, 0.29) is 29.6 Å². The molecule has 1 amide bonds. The monoisotopic (exact) mass is 294 g/mol. The molecule has 8 heteroatoms. The molecule has 0 aromatic heterocycles. The van der Waals surface area contributed by atoms with E-state index in [9.17, 15) is 20.0 Å². The van der Waals surface area contributed by atoms with Crippen molar-refractivity contribution in [3.05, 3.63) is 28.3 Å². The van der Waals surface area contributed by atoms with Crippen LogP contribution in [0.2, 0.25) is 0 Å². The number of nitro benzene ring substituents is 1. The van der Waals surface area contributed by atoms with Crippen LogP contribution in [0.1, 0.15) is 6.42 Å². The molecule has 114 valence electrons. The fourth-order valence-electron chi connectivity index (χ4n) is 2.19. The highest BCUT2D eigenvalue weighted by atomic mass is 16.6. The van der Waals surface area contributed by atoms with Crippen molar-refractivity contribution in [1.82, 2.24) is 10.2 Å². The molecule has 3 N–H and O–H groups in total. The maximum Gasteiger partial charge on any atom is 0.271 e. The van der Waals surface area contributed by atoms with Gasteiger partial charge in [0.15, 0.2) is 0 Å². The van der Waals surface area contributed by atoms with Gasteiger partial charge in [0.1, 0.15) is 5.75 Å². The molecule has 21 heavy (non-hydrogen) atoms. The number of nitrogens with zero attached hydrogens (tertiary/aromatic N) is 2. The van der Waals surface area contributed by atoms with Gasteiger partial charge in [-0.1, -0.05) is 0 Å². The molecular weight excluding hydrogens is 276 g/mol. The molecule has 1 aliphatic rings. The number of non-ortho nitro benzene ring substituents is 1. The zero-order valence-electron chi connectivity index (χ0n) is 11.5. The minimum Gasteiger partial charge on any atom is -0.506 e. The van der Waals surface area contributed by atoms with Crippen LogP contribution < -0.4 is 10.6 Å². The lowest BCUT2D eigenvalue weighted by Crippen LogP contribution is -2.35. The molecule has 0 aliphatic carbocycles. The first kappa shape index (κ1) is 15.2. The van der Waals surface area contributed by atoms with E-state index >= 15 is 0 Å². The third-order valence-corrected chi connectivity index (χ3v) is 3.26. The van der Waals surface area contributed by atoms with Crippen LogP contribution in [0.15, 0.2) is 18.2 Å². The minimum atomic E-state index is -0.574. The lowest BCUT2D eigenvalue weighted by molar-refractivity contribution is -0.384. The lowest BCUT2D eigenvalue weighted by atomic mass is 10.2. The molecule has 0 saturated carbocycles. The van der Waals surface area contributed by atoms with Gasteiger partial charge in [-0.15, -0.1) is 0 Å². The molecule has 1 heterocycles. The number of nitro groups is 1. The quantitative estimate of drug-likeness (QED) is 0.425. The molecule has 1 aromatic rings. The molecule has 0 spiro atoms. The third kappa shape index (κ3) is 4.40. The van der Waals surface area contributed by atoms with Crippen molar-refractivity contribution in [2.24, 2.45) is 0 Å². The van der Waals surface area contributed by atoms with Crippen LogP contribution in [0, 0.1) is 10.1 Å². The predicted octanol–water partition coefficient (Wildman–Crippen LogP) is 0.534. The van der Waals surface area contributed by atoms with Crippen molar-refractivity contribution < 1.29 is 14.8 Å². The Morgan fingerprint density at radius 2 is 2.24 bits per heavy atom. The number of amides is 1. The molecule has 1 aromatic carbocycles. The lowest BCUT2D eigenvalue weighted by Gasteiger charge is -2.18. The van der Waals surface area contributed by atoms with E-state index < -0.39 is 4.92 Å². The number of phenols is 1. The highest BCUT2D eigenvalue weighted by molar-refractivity contribution is 5.94. The van der Waals surface area contributed by atoms with E-state index in [1.54, 1.807) is 0 Å². The summed E-state index contributed by atoms with van der Waals surface area (Å²) in [4.78, 5) is 24.1. The highest BCUT2D eigenvalue weighted by Gasteiger charge is 2.16. The normalized spacial score (nSPS) is 16.2. The van der Waals surface area contributed by atoms with Gasteiger partial charge in [-0.05, 0) is 25.6 Å². The summed E-state index contributed by atoms with van der Waals surface area (Å²) in [7, 11) is 0. The predicted molar refractivity (Wildman–Crippen MR) is 77.3 cm³/mol. The second-order valence-corrected chi connectivity index (χ2v) is 4.89. The first-order valence-electron chi connectivity index (χ1n) is 6.76.